The van der Waals surface area contributed by atoms with E-state index in [-0.39, 0.29) is 0 Å². The number of aromatic nitrogens is 1. The number of pyridine rings is 1. The van der Waals surface area contributed by atoms with Crippen molar-refractivity contribution < 1.29 is 14.6 Å². The maximum absolute atomic E-state index is 10.3. The first-order chi connectivity index (χ1) is 7.21. The minimum Gasteiger partial charge on any atom is -0.481 e. The molecule has 1 aliphatic heterocycles. The van der Waals surface area contributed by atoms with Crippen LogP contribution in [0, 0.1) is 0 Å². The summed E-state index contributed by atoms with van der Waals surface area (Å²) >= 11 is 0. The van der Waals surface area contributed by atoms with Crippen molar-refractivity contribution in [1.82, 2.24) is 4.98 Å². The Morgan fingerprint density at radius 1 is 1.67 bits per heavy atom. The normalized spacial score (nSPS) is 24.7. The fraction of sp³-hybridized carbons (Fsp3) is 0.545. The second kappa shape index (κ2) is 3.79. The van der Waals surface area contributed by atoms with E-state index in [2.05, 4.69) is 4.98 Å². The van der Waals surface area contributed by atoms with Gasteiger partial charge in [-0.3, -0.25) is 0 Å². The number of hydrogen-bond donors (Lipinski definition) is 1. The first-order valence-corrected chi connectivity index (χ1v) is 5.03. The zero-order valence-electron chi connectivity index (χ0n) is 8.99. The van der Waals surface area contributed by atoms with Gasteiger partial charge in [-0.05, 0) is 18.1 Å². The minimum absolute atomic E-state index is 0.337. The van der Waals surface area contributed by atoms with Crippen molar-refractivity contribution in [2.45, 2.75) is 25.6 Å². The number of nitrogens with zero attached hydrogens (tertiary/aromatic N) is 1. The lowest BCUT2D eigenvalue weighted by atomic mass is 9.87. The number of rotatable bonds is 2. The number of ether oxygens (including phenoxy) is 2. The van der Waals surface area contributed by atoms with Crippen LogP contribution in [-0.4, -0.2) is 23.8 Å². The summed E-state index contributed by atoms with van der Waals surface area (Å²) in [6.07, 6.45) is 2.27. The van der Waals surface area contributed by atoms with Gasteiger partial charge in [-0.25, -0.2) is 4.98 Å². The van der Waals surface area contributed by atoms with Gasteiger partial charge in [-0.15, -0.1) is 0 Å². The van der Waals surface area contributed by atoms with E-state index in [9.17, 15) is 5.11 Å². The van der Waals surface area contributed by atoms with Crippen LogP contribution in [0.1, 0.15) is 24.5 Å². The molecule has 2 rings (SSSR count). The summed E-state index contributed by atoms with van der Waals surface area (Å²) in [5, 5.41) is 10.3. The molecule has 0 spiro atoms. The molecule has 0 radical (unpaired) electrons. The Balaban J connectivity index is 2.53. The summed E-state index contributed by atoms with van der Waals surface area (Å²) in [6.45, 7) is 2.73. The van der Waals surface area contributed by atoms with Gasteiger partial charge in [-0.2, -0.15) is 0 Å². The van der Waals surface area contributed by atoms with Crippen LogP contribution in [0.15, 0.2) is 12.3 Å². The minimum atomic E-state index is -0.899. The largest absolute Gasteiger partial charge is 0.481 e. The Labute approximate surface area is 88.9 Å². The standard InChI is InChI=1S/C11H15NO3/c1-3-11(13)7-15-6-8-9(11)4-5-12-10(8)14-2/h4-5,13H,3,6-7H2,1-2H3/t11-/m1/s1. The molecule has 4 heteroatoms. The highest BCUT2D eigenvalue weighted by Crippen LogP contribution is 2.36. The summed E-state index contributed by atoms with van der Waals surface area (Å²) < 4.78 is 10.5. The van der Waals surface area contributed by atoms with Crippen LogP contribution in [0.2, 0.25) is 0 Å². The summed E-state index contributed by atoms with van der Waals surface area (Å²) in [4.78, 5) is 4.10. The number of hydrogen-bond acceptors (Lipinski definition) is 4. The first-order valence-electron chi connectivity index (χ1n) is 5.03. The molecule has 0 amide bonds. The molecule has 0 aliphatic carbocycles. The lowest BCUT2D eigenvalue weighted by Crippen LogP contribution is -2.36. The lowest BCUT2D eigenvalue weighted by Gasteiger charge is -2.33. The highest BCUT2D eigenvalue weighted by atomic mass is 16.5. The van der Waals surface area contributed by atoms with Crippen molar-refractivity contribution in [3.05, 3.63) is 23.4 Å². The van der Waals surface area contributed by atoms with E-state index in [4.69, 9.17) is 9.47 Å². The SMILES string of the molecule is CC[C@@]1(O)COCc2c1ccnc2OC. The molecule has 1 aliphatic rings. The second-order valence-electron chi connectivity index (χ2n) is 3.72. The Kier molecular flexibility index (Phi) is 2.63. The molecule has 0 saturated carbocycles. The van der Waals surface area contributed by atoms with Gasteiger partial charge in [0.1, 0.15) is 5.60 Å². The molecule has 1 atom stereocenters. The van der Waals surface area contributed by atoms with E-state index >= 15 is 0 Å². The van der Waals surface area contributed by atoms with Gasteiger partial charge in [0.05, 0.1) is 20.3 Å². The maximum atomic E-state index is 10.3. The molecule has 0 unspecified atom stereocenters. The molecule has 4 nitrogen and oxygen atoms in total. The van der Waals surface area contributed by atoms with E-state index in [1.165, 1.54) is 0 Å². The Morgan fingerprint density at radius 2 is 2.47 bits per heavy atom. The second-order valence-corrected chi connectivity index (χ2v) is 3.72. The van der Waals surface area contributed by atoms with Crippen molar-refractivity contribution >= 4 is 0 Å². The van der Waals surface area contributed by atoms with Crippen LogP contribution < -0.4 is 4.74 Å². The fourth-order valence-corrected chi connectivity index (χ4v) is 1.92. The van der Waals surface area contributed by atoms with Gasteiger partial charge < -0.3 is 14.6 Å². The van der Waals surface area contributed by atoms with E-state index < -0.39 is 5.60 Å². The highest BCUT2D eigenvalue weighted by molar-refractivity contribution is 5.39. The zero-order chi connectivity index (χ0) is 10.9. The molecular formula is C11H15NO3. The van der Waals surface area contributed by atoms with Crippen molar-refractivity contribution in [2.75, 3.05) is 13.7 Å². The van der Waals surface area contributed by atoms with Gasteiger partial charge in [0.15, 0.2) is 0 Å². The van der Waals surface area contributed by atoms with Crippen molar-refractivity contribution in [2.24, 2.45) is 0 Å². The predicted octanol–water partition coefficient (Wildman–Crippen LogP) is 1.22. The third kappa shape index (κ3) is 1.60. The summed E-state index contributed by atoms with van der Waals surface area (Å²) in [6, 6.07) is 1.84. The topological polar surface area (TPSA) is 51.6 Å². The predicted molar refractivity (Wildman–Crippen MR) is 54.6 cm³/mol. The van der Waals surface area contributed by atoms with Crippen LogP contribution in [-0.2, 0) is 16.9 Å². The van der Waals surface area contributed by atoms with Crippen molar-refractivity contribution in [3.8, 4) is 5.88 Å². The van der Waals surface area contributed by atoms with Gasteiger partial charge in [0, 0.05) is 11.8 Å². The van der Waals surface area contributed by atoms with Gasteiger partial charge in [0.25, 0.3) is 0 Å². The number of aliphatic hydroxyl groups is 1. The van der Waals surface area contributed by atoms with Gasteiger partial charge >= 0.3 is 0 Å². The number of methoxy groups -OCH3 is 1. The van der Waals surface area contributed by atoms with Gasteiger partial charge in [-0.1, -0.05) is 6.92 Å². The van der Waals surface area contributed by atoms with Gasteiger partial charge in [0.2, 0.25) is 5.88 Å². The molecule has 0 fully saturated rings. The maximum Gasteiger partial charge on any atom is 0.218 e. The lowest BCUT2D eigenvalue weighted by molar-refractivity contribution is -0.0759. The molecule has 1 aromatic rings. The molecule has 15 heavy (non-hydrogen) atoms. The monoisotopic (exact) mass is 209 g/mol. The van der Waals surface area contributed by atoms with E-state index in [1.807, 2.05) is 13.0 Å². The zero-order valence-corrected chi connectivity index (χ0v) is 8.99. The Hall–Kier alpha value is -1.13. The molecule has 0 aromatic carbocycles. The van der Waals surface area contributed by atoms with E-state index in [1.54, 1.807) is 13.3 Å². The Morgan fingerprint density at radius 3 is 3.13 bits per heavy atom. The molecular weight excluding hydrogens is 194 g/mol. The molecule has 82 valence electrons. The average Bonchev–Trinajstić information content (AvgIpc) is 2.29. The van der Waals surface area contributed by atoms with E-state index in [0.29, 0.717) is 25.5 Å². The molecule has 1 N–H and O–H groups in total. The third-order valence-corrected chi connectivity index (χ3v) is 2.88. The van der Waals surface area contributed by atoms with Crippen molar-refractivity contribution in [3.63, 3.8) is 0 Å². The first kappa shape index (κ1) is 10.4. The smallest absolute Gasteiger partial charge is 0.218 e. The summed E-state index contributed by atoms with van der Waals surface area (Å²) in [5.74, 6) is 0.541. The number of fused-ring (bicyclic) bond motifs is 1. The van der Waals surface area contributed by atoms with Crippen molar-refractivity contribution in [1.29, 1.82) is 0 Å². The Bertz CT molecular complexity index is 367. The van der Waals surface area contributed by atoms with Crippen LogP contribution in [0.5, 0.6) is 5.88 Å². The quantitative estimate of drug-likeness (QED) is 0.795. The van der Waals surface area contributed by atoms with Crippen LogP contribution in [0.4, 0.5) is 0 Å². The van der Waals surface area contributed by atoms with E-state index in [0.717, 1.165) is 11.1 Å². The van der Waals surface area contributed by atoms with Crippen LogP contribution >= 0.6 is 0 Å². The average molecular weight is 209 g/mol. The van der Waals surface area contributed by atoms with Crippen LogP contribution in [0.3, 0.4) is 0 Å². The molecule has 0 bridgehead atoms. The summed E-state index contributed by atoms with van der Waals surface area (Å²) in [7, 11) is 1.57. The molecule has 1 aromatic heterocycles. The molecule has 2 heterocycles. The summed E-state index contributed by atoms with van der Waals surface area (Å²) in [5.41, 5.74) is 0.836. The third-order valence-electron chi connectivity index (χ3n) is 2.88. The van der Waals surface area contributed by atoms with Crippen LogP contribution in [0.25, 0.3) is 0 Å². The fourth-order valence-electron chi connectivity index (χ4n) is 1.92. The molecule has 0 saturated heterocycles. The highest BCUT2D eigenvalue weighted by Gasteiger charge is 2.35.